The number of carboxylic acids is 2. The molecule has 1 aliphatic carbocycles. The van der Waals surface area contributed by atoms with Crippen LogP contribution in [-0.2, 0) is 22.3 Å². The van der Waals surface area contributed by atoms with Crippen LogP contribution >= 0.6 is 0 Å². The van der Waals surface area contributed by atoms with E-state index in [0.29, 0.717) is 11.4 Å². The van der Waals surface area contributed by atoms with Gasteiger partial charge in [-0.3, -0.25) is 14.5 Å². The molecule has 4 N–H and O–H groups in total. The number of aliphatic carboxylic acids is 2. The Kier molecular flexibility index (Phi) is 6.75. The zero-order valence-electron chi connectivity index (χ0n) is 18.0. The van der Waals surface area contributed by atoms with E-state index >= 15 is 0 Å². The van der Waals surface area contributed by atoms with Gasteiger partial charge in [-0.15, -0.1) is 0 Å². The molecular weight excluding hydrogens is 453 g/mol. The topological polar surface area (TPSA) is 131 Å². The summed E-state index contributed by atoms with van der Waals surface area (Å²) in [6.45, 7) is 1.78. The van der Waals surface area contributed by atoms with E-state index in [-0.39, 0.29) is 18.5 Å². The second-order valence-corrected chi connectivity index (χ2v) is 7.87. The Morgan fingerprint density at radius 1 is 1.18 bits per heavy atom. The maximum Gasteiger partial charge on any atom is 0.417 e. The molecular formula is C23H21F3N4O4. The zero-order chi connectivity index (χ0) is 25.1. The van der Waals surface area contributed by atoms with Gasteiger partial charge in [0.15, 0.2) is 0 Å². The molecule has 0 spiro atoms. The summed E-state index contributed by atoms with van der Waals surface area (Å²) >= 11 is 0. The van der Waals surface area contributed by atoms with Gasteiger partial charge < -0.3 is 15.9 Å². The van der Waals surface area contributed by atoms with E-state index in [9.17, 15) is 22.8 Å². The number of nitrogen functional groups attached to an aromatic ring is 1. The smallest absolute Gasteiger partial charge is 0.417 e. The molecule has 0 saturated carbocycles. The van der Waals surface area contributed by atoms with Crippen molar-refractivity contribution in [2.45, 2.75) is 26.1 Å². The number of nitrogens with zero attached hydrogens (tertiary/aromatic N) is 3. The third kappa shape index (κ3) is 5.42. The number of halogens is 3. The average Bonchev–Trinajstić information content (AvgIpc) is 3.18. The van der Waals surface area contributed by atoms with Crippen LogP contribution in [0, 0.1) is 5.41 Å². The van der Waals surface area contributed by atoms with Crippen LogP contribution < -0.4 is 5.73 Å². The summed E-state index contributed by atoms with van der Waals surface area (Å²) < 4.78 is 39.1. The van der Waals surface area contributed by atoms with Gasteiger partial charge in [-0.05, 0) is 37.6 Å². The zero-order valence-corrected chi connectivity index (χ0v) is 18.0. The molecule has 178 valence electrons. The van der Waals surface area contributed by atoms with Crippen molar-refractivity contribution in [3.05, 3.63) is 77.8 Å². The number of allylic oxidation sites excluding steroid dienone is 2. The summed E-state index contributed by atoms with van der Waals surface area (Å²) in [7, 11) is 0. The molecule has 1 atom stereocenters. The average molecular weight is 474 g/mol. The molecule has 8 nitrogen and oxygen atoms in total. The van der Waals surface area contributed by atoms with Crippen LogP contribution in [0.2, 0.25) is 0 Å². The molecule has 0 fully saturated rings. The van der Waals surface area contributed by atoms with E-state index in [1.165, 1.54) is 31.2 Å². The standard InChI is InChI=1S/C14H11F3N4.C9H10O4/c15-14(16,17)9-4-5-10(19-6-9)8-21-13-3-1-2-12(18)11(13)7-20-21;1-9(8(12)13)4-2-3-6(5-9)7(10)11/h1-7H,8,18H2;2-4H,5H2,1H3,(H,10,11)(H,12,13). The number of carbonyl (C=O) groups is 2. The van der Waals surface area contributed by atoms with Crippen molar-refractivity contribution in [2.24, 2.45) is 5.41 Å². The van der Waals surface area contributed by atoms with Crippen LogP contribution in [-0.4, -0.2) is 36.9 Å². The number of pyridine rings is 1. The molecule has 3 aromatic rings. The largest absolute Gasteiger partial charge is 0.481 e. The second kappa shape index (κ2) is 9.38. The monoisotopic (exact) mass is 474 g/mol. The maximum absolute atomic E-state index is 12.5. The predicted molar refractivity (Wildman–Crippen MR) is 118 cm³/mol. The van der Waals surface area contributed by atoms with Crippen molar-refractivity contribution in [2.75, 3.05) is 5.73 Å². The molecule has 34 heavy (non-hydrogen) atoms. The van der Waals surface area contributed by atoms with E-state index in [1.54, 1.807) is 23.0 Å². The lowest BCUT2D eigenvalue weighted by Gasteiger charge is -2.23. The quantitative estimate of drug-likeness (QED) is 0.485. The molecule has 0 amide bonds. The summed E-state index contributed by atoms with van der Waals surface area (Å²) in [5.41, 5.74) is 6.05. The second-order valence-electron chi connectivity index (χ2n) is 7.87. The molecule has 11 heteroatoms. The summed E-state index contributed by atoms with van der Waals surface area (Å²) in [4.78, 5) is 25.2. The summed E-state index contributed by atoms with van der Waals surface area (Å²) in [6.07, 6.45) is 2.52. The number of nitrogens with two attached hydrogens (primary N) is 1. The van der Waals surface area contributed by atoms with Gasteiger partial charge in [0.2, 0.25) is 0 Å². The number of rotatable bonds is 4. The third-order valence-corrected chi connectivity index (χ3v) is 5.27. The minimum absolute atomic E-state index is 0.0359. The lowest BCUT2D eigenvalue weighted by atomic mass is 9.80. The maximum atomic E-state index is 12.5. The fourth-order valence-corrected chi connectivity index (χ4v) is 3.27. The number of anilines is 1. The first kappa shape index (κ1) is 24.5. The Labute approximate surface area is 191 Å². The molecule has 0 bridgehead atoms. The van der Waals surface area contributed by atoms with Gasteiger partial charge in [0.05, 0.1) is 34.9 Å². The highest BCUT2D eigenvalue weighted by atomic mass is 19.4. The van der Waals surface area contributed by atoms with Crippen molar-refractivity contribution in [1.82, 2.24) is 14.8 Å². The van der Waals surface area contributed by atoms with E-state index in [2.05, 4.69) is 10.1 Å². The normalized spacial score (nSPS) is 17.6. The van der Waals surface area contributed by atoms with Crippen molar-refractivity contribution in [1.29, 1.82) is 0 Å². The summed E-state index contributed by atoms with van der Waals surface area (Å²) in [5, 5.41) is 22.5. The lowest BCUT2D eigenvalue weighted by Crippen LogP contribution is -2.28. The minimum Gasteiger partial charge on any atom is -0.481 e. The number of hydrogen-bond acceptors (Lipinski definition) is 5. The van der Waals surface area contributed by atoms with Crippen molar-refractivity contribution in [3.8, 4) is 0 Å². The molecule has 0 radical (unpaired) electrons. The first-order chi connectivity index (χ1) is 15.9. The van der Waals surface area contributed by atoms with Gasteiger partial charge in [0.1, 0.15) is 0 Å². The van der Waals surface area contributed by atoms with Crippen LogP contribution in [0.25, 0.3) is 10.9 Å². The Balaban J connectivity index is 0.000000215. The highest BCUT2D eigenvalue weighted by Gasteiger charge is 2.34. The molecule has 0 aliphatic heterocycles. The first-order valence-electron chi connectivity index (χ1n) is 9.98. The van der Waals surface area contributed by atoms with Crippen LogP contribution in [0.3, 0.4) is 0 Å². The number of hydrogen-bond donors (Lipinski definition) is 3. The molecule has 1 unspecified atom stereocenters. The fraction of sp³-hybridized carbons (Fsp3) is 0.217. The molecule has 1 aromatic carbocycles. The number of fused-ring (bicyclic) bond motifs is 1. The number of benzene rings is 1. The molecule has 0 saturated heterocycles. The highest BCUT2D eigenvalue weighted by molar-refractivity contribution is 5.90. The molecule has 2 aromatic heterocycles. The SMILES string of the molecule is CC1(C(=O)O)C=CC=C(C(=O)O)C1.Nc1cccc2c1cnn2Cc1ccc(C(F)(F)F)cn1. The van der Waals surface area contributed by atoms with Crippen molar-refractivity contribution >= 4 is 28.5 Å². The van der Waals surface area contributed by atoms with E-state index in [4.69, 9.17) is 15.9 Å². The fourth-order valence-electron chi connectivity index (χ4n) is 3.27. The van der Waals surface area contributed by atoms with Crippen LogP contribution in [0.4, 0.5) is 18.9 Å². The van der Waals surface area contributed by atoms with Crippen LogP contribution in [0.1, 0.15) is 24.6 Å². The third-order valence-electron chi connectivity index (χ3n) is 5.27. The Hall–Kier alpha value is -4.15. The van der Waals surface area contributed by atoms with Gasteiger partial charge in [-0.25, -0.2) is 4.79 Å². The number of alkyl halides is 3. The van der Waals surface area contributed by atoms with Crippen molar-refractivity contribution < 1.29 is 33.0 Å². The first-order valence-corrected chi connectivity index (χ1v) is 9.98. The molecule has 1 aliphatic rings. The Morgan fingerprint density at radius 2 is 1.91 bits per heavy atom. The highest BCUT2D eigenvalue weighted by Crippen LogP contribution is 2.31. The van der Waals surface area contributed by atoms with Crippen LogP contribution in [0.5, 0.6) is 0 Å². The van der Waals surface area contributed by atoms with Crippen LogP contribution in [0.15, 0.2) is 66.5 Å². The molecule has 2 heterocycles. The van der Waals surface area contributed by atoms with E-state index in [0.717, 1.165) is 23.2 Å². The van der Waals surface area contributed by atoms with Gasteiger partial charge in [-0.2, -0.15) is 18.3 Å². The minimum atomic E-state index is -4.38. The van der Waals surface area contributed by atoms with Gasteiger partial charge in [-0.1, -0.05) is 24.3 Å². The van der Waals surface area contributed by atoms with Gasteiger partial charge >= 0.3 is 18.1 Å². The van der Waals surface area contributed by atoms with E-state index < -0.39 is 29.1 Å². The number of aromatic nitrogens is 3. The van der Waals surface area contributed by atoms with Crippen molar-refractivity contribution in [3.63, 3.8) is 0 Å². The Morgan fingerprint density at radius 3 is 2.50 bits per heavy atom. The summed E-state index contributed by atoms with van der Waals surface area (Å²) in [6, 6.07) is 7.79. The van der Waals surface area contributed by atoms with Gasteiger partial charge in [0, 0.05) is 22.8 Å². The van der Waals surface area contributed by atoms with Gasteiger partial charge in [0.25, 0.3) is 0 Å². The summed E-state index contributed by atoms with van der Waals surface area (Å²) in [5.74, 6) is -2.06. The number of carboxylic acid groups (broad SMARTS) is 2. The van der Waals surface area contributed by atoms with E-state index in [1.807, 2.05) is 6.07 Å². The lowest BCUT2D eigenvalue weighted by molar-refractivity contribution is -0.145. The predicted octanol–water partition coefficient (Wildman–Crippen LogP) is 4.13. The Bertz CT molecular complexity index is 1280. The molecule has 4 rings (SSSR count).